The summed E-state index contributed by atoms with van der Waals surface area (Å²) in [6.45, 7) is 1.97. The molecule has 0 aliphatic carbocycles. The van der Waals surface area contributed by atoms with Crippen LogP contribution in [-0.4, -0.2) is 28.0 Å². The molecule has 5 nitrogen and oxygen atoms in total. The fourth-order valence-corrected chi connectivity index (χ4v) is 2.36. The lowest BCUT2D eigenvalue weighted by Crippen LogP contribution is -2.07. The average Bonchev–Trinajstić information content (AvgIpc) is 3.04. The third-order valence-corrected chi connectivity index (χ3v) is 3.33. The molecule has 0 saturated heterocycles. The number of aromatic nitrogens is 3. The number of hydrogen-bond donors (Lipinski definition) is 1. The van der Waals surface area contributed by atoms with Crippen molar-refractivity contribution in [2.24, 2.45) is 0 Å². The van der Waals surface area contributed by atoms with Crippen LogP contribution in [0.4, 0.5) is 4.39 Å². The van der Waals surface area contributed by atoms with Crippen molar-refractivity contribution >= 4 is 5.97 Å². The van der Waals surface area contributed by atoms with E-state index in [4.69, 9.17) is 4.74 Å². The quantitative estimate of drug-likeness (QED) is 0.749. The van der Waals surface area contributed by atoms with Crippen molar-refractivity contribution in [2.45, 2.75) is 6.92 Å². The van der Waals surface area contributed by atoms with Crippen LogP contribution in [0.5, 0.6) is 0 Å². The van der Waals surface area contributed by atoms with Crippen LogP contribution in [0.15, 0.2) is 48.5 Å². The van der Waals surface area contributed by atoms with Crippen molar-refractivity contribution in [3.8, 4) is 22.4 Å². The number of nitrogens with zero attached hydrogens (tertiary/aromatic N) is 2. The van der Waals surface area contributed by atoms with Gasteiger partial charge in [0.1, 0.15) is 11.5 Å². The fourth-order valence-electron chi connectivity index (χ4n) is 2.36. The Morgan fingerprint density at radius 2 is 1.91 bits per heavy atom. The van der Waals surface area contributed by atoms with Crippen LogP contribution in [0.2, 0.25) is 0 Å². The number of rotatable bonds is 4. The molecule has 116 valence electrons. The largest absolute Gasteiger partial charge is 0.461 e. The molecule has 0 amide bonds. The van der Waals surface area contributed by atoms with Crippen molar-refractivity contribution in [2.75, 3.05) is 6.61 Å². The van der Waals surface area contributed by atoms with Gasteiger partial charge in [-0.25, -0.2) is 9.18 Å². The van der Waals surface area contributed by atoms with E-state index in [-0.39, 0.29) is 18.1 Å². The van der Waals surface area contributed by atoms with E-state index in [1.165, 1.54) is 12.1 Å². The molecule has 0 unspecified atom stereocenters. The molecule has 2 aromatic carbocycles. The summed E-state index contributed by atoms with van der Waals surface area (Å²) in [5, 5.41) is 10.4. The predicted octanol–water partition coefficient (Wildman–Crippen LogP) is 3.45. The molecule has 0 saturated carbocycles. The highest BCUT2D eigenvalue weighted by Crippen LogP contribution is 2.32. The van der Waals surface area contributed by atoms with Gasteiger partial charge in [-0.2, -0.15) is 10.3 Å². The summed E-state index contributed by atoms with van der Waals surface area (Å²) in [5.74, 6) is -0.881. The average molecular weight is 311 g/mol. The third-order valence-electron chi connectivity index (χ3n) is 3.33. The molecular formula is C17H14FN3O2. The normalized spacial score (nSPS) is 10.5. The maximum atomic E-state index is 13.5. The van der Waals surface area contributed by atoms with E-state index >= 15 is 0 Å². The van der Waals surface area contributed by atoms with E-state index in [0.717, 1.165) is 5.56 Å². The van der Waals surface area contributed by atoms with Gasteiger partial charge in [-0.15, -0.1) is 5.10 Å². The maximum absolute atomic E-state index is 13.5. The van der Waals surface area contributed by atoms with Gasteiger partial charge in [-0.1, -0.05) is 36.4 Å². The summed E-state index contributed by atoms with van der Waals surface area (Å²) in [4.78, 5) is 12.0. The van der Waals surface area contributed by atoms with Gasteiger partial charge in [0, 0.05) is 5.56 Å². The molecule has 1 N–H and O–H groups in total. The third kappa shape index (κ3) is 2.96. The lowest BCUT2D eigenvalue weighted by Gasteiger charge is -2.09. The second kappa shape index (κ2) is 6.39. The van der Waals surface area contributed by atoms with Gasteiger partial charge >= 0.3 is 5.97 Å². The first-order valence-corrected chi connectivity index (χ1v) is 7.14. The zero-order valence-electron chi connectivity index (χ0n) is 12.4. The number of ether oxygens (including phenoxy) is 1. The molecule has 0 fully saturated rings. The van der Waals surface area contributed by atoms with E-state index in [2.05, 4.69) is 15.4 Å². The summed E-state index contributed by atoms with van der Waals surface area (Å²) in [7, 11) is 0. The Labute approximate surface area is 132 Å². The number of nitrogens with one attached hydrogen (secondary N) is 1. The van der Waals surface area contributed by atoms with Crippen LogP contribution in [0.1, 0.15) is 17.4 Å². The van der Waals surface area contributed by atoms with Gasteiger partial charge in [0.05, 0.1) is 6.61 Å². The number of benzene rings is 2. The zero-order valence-corrected chi connectivity index (χ0v) is 12.4. The Hall–Kier alpha value is -3.02. The summed E-state index contributed by atoms with van der Waals surface area (Å²) < 4.78 is 18.5. The van der Waals surface area contributed by atoms with Crippen molar-refractivity contribution < 1.29 is 13.9 Å². The minimum absolute atomic E-state index is 0.107. The van der Waals surface area contributed by atoms with E-state index in [1.807, 2.05) is 18.2 Å². The molecule has 0 spiro atoms. The number of esters is 1. The number of carbonyl (C=O) groups excluding carboxylic acids is 1. The molecular weight excluding hydrogens is 297 g/mol. The molecule has 23 heavy (non-hydrogen) atoms. The molecule has 1 aromatic heterocycles. The number of hydrogen-bond acceptors (Lipinski definition) is 4. The van der Waals surface area contributed by atoms with Crippen molar-refractivity contribution in [3.63, 3.8) is 0 Å². The van der Waals surface area contributed by atoms with Crippen molar-refractivity contribution in [3.05, 3.63) is 60.0 Å². The summed E-state index contributed by atoms with van der Waals surface area (Å²) in [6.07, 6.45) is 0. The Kier molecular flexibility index (Phi) is 4.14. The molecule has 3 aromatic rings. The fraction of sp³-hybridized carbons (Fsp3) is 0.118. The highest BCUT2D eigenvalue weighted by Gasteiger charge is 2.21. The minimum atomic E-state index is -0.551. The van der Waals surface area contributed by atoms with Gasteiger partial charge in [0.15, 0.2) is 5.69 Å². The van der Waals surface area contributed by atoms with Crippen LogP contribution in [0.3, 0.4) is 0 Å². The van der Waals surface area contributed by atoms with E-state index in [9.17, 15) is 9.18 Å². The monoisotopic (exact) mass is 311 g/mol. The molecule has 0 atom stereocenters. The Morgan fingerprint density at radius 1 is 1.13 bits per heavy atom. The number of aromatic amines is 1. The van der Waals surface area contributed by atoms with Crippen LogP contribution in [0.25, 0.3) is 22.4 Å². The number of H-pyrrole nitrogens is 1. The smallest absolute Gasteiger partial charge is 0.361 e. The van der Waals surface area contributed by atoms with Crippen molar-refractivity contribution in [1.82, 2.24) is 15.4 Å². The molecule has 3 rings (SSSR count). The summed E-state index contributed by atoms with van der Waals surface area (Å²) >= 11 is 0. The van der Waals surface area contributed by atoms with E-state index in [1.54, 1.807) is 25.1 Å². The SMILES string of the molecule is CCOC(=O)c1n[nH]nc1-c1ccccc1-c1cccc(F)c1. The molecule has 0 bridgehead atoms. The van der Waals surface area contributed by atoms with E-state index < -0.39 is 5.97 Å². The van der Waals surface area contributed by atoms with E-state index in [0.29, 0.717) is 16.8 Å². The van der Waals surface area contributed by atoms with Crippen LogP contribution >= 0.6 is 0 Å². The Balaban J connectivity index is 2.12. The number of carbonyl (C=O) groups is 1. The standard InChI is InChI=1S/C17H14FN3O2/c1-2-23-17(22)16-15(19-21-20-16)14-9-4-3-8-13(14)11-6-5-7-12(18)10-11/h3-10H,2H2,1H3,(H,19,20,21). The first-order chi connectivity index (χ1) is 11.2. The van der Waals surface area contributed by atoms with Gasteiger partial charge < -0.3 is 4.74 Å². The molecule has 1 heterocycles. The van der Waals surface area contributed by atoms with Crippen LogP contribution in [0, 0.1) is 5.82 Å². The molecule has 0 aliphatic heterocycles. The van der Waals surface area contributed by atoms with Gasteiger partial charge in [-0.3, -0.25) is 0 Å². The highest BCUT2D eigenvalue weighted by atomic mass is 19.1. The first kappa shape index (κ1) is 14.9. The zero-order chi connectivity index (χ0) is 16.2. The van der Waals surface area contributed by atoms with Gasteiger partial charge in [0.25, 0.3) is 0 Å². The molecule has 0 aliphatic rings. The molecule has 6 heteroatoms. The summed E-state index contributed by atoms with van der Waals surface area (Å²) in [5.41, 5.74) is 2.61. The molecule has 0 radical (unpaired) electrons. The minimum Gasteiger partial charge on any atom is -0.461 e. The predicted molar refractivity (Wildman–Crippen MR) is 83.2 cm³/mol. The highest BCUT2D eigenvalue weighted by molar-refractivity contribution is 5.96. The lowest BCUT2D eigenvalue weighted by molar-refractivity contribution is 0.0520. The lowest BCUT2D eigenvalue weighted by atomic mass is 9.97. The number of halogens is 1. The van der Waals surface area contributed by atoms with Crippen LogP contribution < -0.4 is 0 Å². The van der Waals surface area contributed by atoms with Crippen LogP contribution in [-0.2, 0) is 4.74 Å². The second-order valence-electron chi connectivity index (χ2n) is 4.80. The topological polar surface area (TPSA) is 67.9 Å². The second-order valence-corrected chi connectivity index (χ2v) is 4.80. The Morgan fingerprint density at radius 3 is 2.65 bits per heavy atom. The Bertz CT molecular complexity index is 845. The van der Waals surface area contributed by atoms with Crippen molar-refractivity contribution in [1.29, 1.82) is 0 Å². The first-order valence-electron chi connectivity index (χ1n) is 7.14. The summed E-state index contributed by atoms with van der Waals surface area (Å²) in [6, 6.07) is 13.6. The van der Waals surface area contributed by atoms with Gasteiger partial charge in [0.2, 0.25) is 0 Å². The van der Waals surface area contributed by atoms with Gasteiger partial charge in [-0.05, 0) is 30.2 Å². The maximum Gasteiger partial charge on any atom is 0.361 e.